The van der Waals surface area contributed by atoms with Crippen molar-refractivity contribution in [1.82, 2.24) is 10.6 Å². The standard InChI is InChI=1S/C14H30N4O2/c1-11(19)12(16)7-4-6-10-18-14(20)13(17-2)8-3-5-9-15/h12-13,17H,3-10,15-16H2,1-2H3,(H,18,20). The molecule has 118 valence electrons. The molecular weight excluding hydrogens is 256 g/mol. The Morgan fingerprint density at radius 2 is 1.75 bits per heavy atom. The lowest BCUT2D eigenvalue weighted by Crippen LogP contribution is -2.43. The van der Waals surface area contributed by atoms with Crippen molar-refractivity contribution in [3.63, 3.8) is 0 Å². The topological polar surface area (TPSA) is 110 Å². The number of hydrogen-bond acceptors (Lipinski definition) is 5. The number of nitrogens with one attached hydrogen (secondary N) is 2. The van der Waals surface area contributed by atoms with Crippen molar-refractivity contribution >= 4 is 11.7 Å². The molecule has 6 nitrogen and oxygen atoms in total. The highest BCUT2D eigenvalue weighted by Gasteiger charge is 2.15. The van der Waals surface area contributed by atoms with Crippen LogP contribution in [0.1, 0.15) is 45.4 Å². The molecular formula is C14H30N4O2. The number of rotatable bonds is 12. The van der Waals surface area contributed by atoms with Gasteiger partial charge in [0.15, 0.2) is 0 Å². The van der Waals surface area contributed by atoms with E-state index in [1.54, 1.807) is 7.05 Å². The zero-order chi connectivity index (χ0) is 15.4. The van der Waals surface area contributed by atoms with Gasteiger partial charge >= 0.3 is 0 Å². The van der Waals surface area contributed by atoms with Crippen LogP contribution in [0.25, 0.3) is 0 Å². The Morgan fingerprint density at radius 1 is 1.10 bits per heavy atom. The average Bonchev–Trinajstić information content (AvgIpc) is 2.42. The molecule has 0 saturated heterocycles. The summed E-state index contributed by atoms with van der Waals surface area (Å²) in [4.78, 5) is 22.8. The Labute approximate surface area is 122 Å². The summed E-state index contributed by atoms with van der Waals surface area (Å²) in [6.45, 7) is 2.79. The van der Waals surface area contributed by atoms with Crippen LogP contribution in [0.4, 0.5) is 0 Å². The van der Waals surface area contributed by atoms with E-state index in [0.29, 0.717) is 19.5 Å². The largest absolute Gasteiger partial charge is 0.355 e. The van der Waals surface area contributed by atoms with E-state index < -0.39 is 0 Å². The number of carbonyl (C=O) groups is 2. The zero-order valence-electron chi connectivity index (χ0n) is 12.8. The van der Waals surface area contributed by atoms with E-state index in [1.165, 1.54) is 6.92 Å². The lowest BCUT2D eigenvalue weighted by atomic mass is 10.1. The van der Waals surface area contributed by atoms with Gasteiger partial charge in [-0.25, -0.2) is 0 Å². The summed E-state index contributed by atoms with van der Waals surface area (Å²) in [5.41, 5.74) is 11.1. The molecule has 0 radical (unpaired) electrons. The lowest BCUT2D eigenvalue weighted by molar-refractivity contribution is -0.123. The van der Waals surface area contributed by atoms with E-state index >= 15 is 0 Å². The van der Waals surface area contributed by atoms with Gasteiger partial charge < -0.3 is 22.1 Å². The fourth-order valence-corrected chi connectivity index (χ4v) is 1.93. The fraction of sp³-hybridized carbons (Fsp3) is 0.857. The number of unbranched alkanes of at least 4 members (excludes halogenated alkanes) is 2. The highest BCUT2D eigenvalue weighted by Crippen LogP contribution is 2.02. The summed E-state index contributed by atoms with van der Waals surface area (Å²) >= 11 is 0. The van der Waals surface area contributed by atoms with E-state index in [-0.39, 0.29) is 23.8 Å². The third-order valence-corrected chi connectivity index (χ3v) is 3.38. The minimum absolute atomic E-state index is 0.0178. The quantitative estimate of drug-likeness (QED) is 0.375. The molecule has 0 aliphatic rings. The van der Waals surface area contributed by atoms with E-state index in [9.17, 15) is 9.59 Å². The summed E-state index contributed by atoms with van der Waals surface area (Å²) in [6.07, 6.45) is 5.05. The van der Waals surface area contributed by atoms with Crippen LogP contribution in [0.2, 0.25) is 0 Å². The van der Waals surface area contributed by atoms with E-state index in [1.807, 2.05) is 0 Å². The van der Waals surface area contributed by atoms with Gasteiger partial charge in [-0.1, -0.05) is 6.42 Å². The molecule has 0 aliphatic heterocycles. The number of carbonyl (C=O) groups excluding carboxylic acids is 2. The molecule has 2 atom stereocenters. The molecule has 0 aromatic heterocycles. The van der Waals surface area contributed by atoms with Crippen LogP contribution >= 0.6 is 0 Å². The molecule has 0 rings (SSSR count). The van der Waals surface area contributed by atoms with Crippen molar-refractivity contribution in [2.45, 2.75) is 57.5 Å². The number of amides is 1. The summed E-state index contributed by atoms with van der Waals surface area (Å²) in [5, 5.41) is 5.92. The minimum Gasteiger partial charge on any atom is -0.355 e. The van der Waals surface area contributed by atoms with Crippen molar-refractivity contribution in [2.24, 2.45) is 11.5 Å². The molecule has 6 heteroatoms. The van der Waals surface area contributed by atoms with Gasteiger partial charge in [0.25, 0.3) is 0 Å². The van der Waals surface area contributed by atoms with E-state index in [4.69, 9.17) is 11.5 Å². The van der Waals surface area contributed by atoms with E-state index in [0.717, 1.165) is 32.1 Å². The second-order valence-electron chi connectivity index (χ2n) is 5.13. The summed E-state index contributed by atoms with van der Waals surface area (Å²) < 4.78 is 0. The van der Waals surface area contributed by atoms with Gasteiger partial charge in [-0.15, -0.1) is 0 Å². The number of likely N-dealkylation sites (N-methyl/N-ethyl adjacent to an activating group) is 1. The summed E-state index contributed by atoms with van der Waals surface area (Å²) in [5.74, 6) is 0.0459. The highest BCUT2D eigenvalue weighted by molar-refractivity contribution is 5.81. The van der Waals surface area contributed by atoms with Crippen LogP contribution in [0.5, 0.6) is 0 Å². The van der Waals surface area contributed by atoms with Crippen LogP contribution in [0, 0.1) is 0 Å². The van der Waals surface area contributed by atoms with Crippen LogP contribution < -0.4 is 22.1 Å². The first-order valence-electron chi connectivity index (χ1n) is 7.44. The predicted molar refractivity (Wildman–Crippen MR) is 81.3 cm³/mol. The molecule has 0 aromatic carbocycles. The van der Waals surface area contributed by atoms with Gasteiger partial charge in [0.2, 0.25) is 5.91 Å². The predicted octanol–water partition coefficient (Wildman–Crippen LogP) is -0.0938. The number of Topliss-reactive ketones (excluding diaryl/α,β-unsaturated/α-hetero) is 1. The van der Waals surface area contributed by atoms with Crippen molar-refractivity contribution in [2.75, 3.05) is 20.1 Å². The van der Waals surface area contributed by atoms with Gasteiger partial charge in [-0.3, -0.25) is 9.59 Å². The normalized spacial score (nSPS) is 13.8. The maximum atomic E-state index is 11.9. The van der Waals surface area contributed by atoms with Crippen molar-refractivity contribution in [3.8, 4) is 0 Å². The maximum absolute atomic E-state index is 11.9. The fourth-order valence-electron chi connectivity index (χ4n) is 1.93. The second kappa shape index (κ2) is 11.8. The van der Waals surface area contributed by atoms with Crippen LogP contribution in [-0.2, 0) is 9.59 Å². The molecule has 0 aliphatic carbocycles. The molecule has 20 heavy (non-hydrogen) atoms. The molecule has 0 bridgehead atoms. The third-order valence-electron chi connectivity index (χ3n) is 3.38. The van der Waals surface area contributed by atoms with Crippen LogP contribution in [0.3, 0.4) is 0 Å². The van der Waals surface area contributed by atoms with E-state index in [2.05, 4.69) is 10.6 Å². The number of nitrogens with two attached hydrogens (primary N) is 2. The van der Waals surface area contributed by atoms with Crippen LogP contribution in [0.15, 0.2) is 0 Å². The number of hydrogen-bond donors (Lipinski definition) is 4. The zero-order valence-corrected chi connectivity index (χ0v) is 12.8. The smallest absolute Gasteiger partial charge is 0.237 e. The SMILES string of the molecule is CNC(CCCCN)C(=O)NCCCCC(N)C(C)=O. The second-order valence-corrected chi connectivity index (χ2v) is 5.13. The minimum atomic E-state index is -0.368. The molecule has 2 unspecified atom stereocenters. The molecule has 6 N–H and O–H groups in total. The first kappa shape index (κ1) is 19.0. The summed E-state index contributed by atoms with van der Waals surface area (Å²) in [6, 6.07) is -0.520. The van der Waals surface area contributed by atoms with Gasteiger partial charge in [-0.05, 0) is 52.6 Å². The van der Waals surface area contributed by atoms with Crippen molar-refractivity contribution < 1.29 is 9.59 Å². The van der Waals surface area contributed by atoms with Gasteiger partial charge in [0, 0.05) is 6.54 Å². The molecule has 0 aromatic rings. The summed E-state index contributed by atoms with van der Waals surface area (Å²) in [7, 11) is 1.79. The first-order valence-corrected chi connectivity index (χ1v) is 7.44. The van der Waals surface area contributed by atoms with Gasteiger partial charge in [0.1, 0.15) is 5.78 Å². The molecule has 0 saturated carbocycles. The molecule has 0 spiro atoms. The average molecular weight is 286 g/mol. The van der Waals surface area contributed by atoms with Crippen molar-refractivity contribution in [1.29, 1.82) is 0 Å². The molecule has 0 heterocycles. The lowest BCUT2D eigenvalue weighted by Gasteiger charge is -2.16. The maximum Gasteiger partial charge on any atom is 0.237 e. The Hall–Kier alpha value is -0.980. The van der Waals surface area contributed by atoms with Gasteiger partial charge in [-0.2, -0.15) is 0 Å². The Kier molecular flexibility index (Phi) is 11.2. The monoisotopic (exact) mass is 286 g/mol. The Balaban J connectivity index is 3.71. The van der Waals surface area contributed by atoms with Crippen molar-refractivity contribution in [3.05, 3.63) is 0 Å². The van der Waals surface area contributed by atoms with Crippen LogP contribution in [-0.4, -0.2) is 43.9 Å². The Morgan fingerprint density at radius 3 is 2.30 bits per heavy atom. The molecule has 1 amide bonds. The molecule has 0 fully saturated rings. The Bertz CT molecular complexity index is 284. The highest BCUT2D eigenvalue weighted by atomic mass is 16.2. The first-order chi connectivity index (χ1) is 9.52. The third kappa shape index (κ3) is 9.01. The number of ketones is 1. The van der Waals surface area contributed by atoms with Gasteiger partial charge in [0.05, 0.1) is 12.1 Å².